The summed E-state index contributed by atoms with van der Waals surface area (Å²) in [6.07, 6.45) is 1.29. The third-order valence-electron chi connectivity index (χ3n) is 5.19. The van der Waals surface area contributed by atoms with Crippen LogP contribution in [0.4, 0.5) is 0 Å². The smallest absolute Gasteiger partial charge is 0.188 e. The van der Waals surface area contributed by atoms with Gasteiger partial charge in [0.15, 0.2) is 12.1 Å². The maximum absolute atomic E-state index is 6.21. The molecule has 0 unspecified atom stereocenters. The quantitative estimate of drug-likeness (QED) is 0.252. The number of amidine groups is 1. The molecule has 2 aliphatic heterocycles. The molecule has 3 heterocycles. The zero-order valence-corrected chi connectivity index (χ0v) is 18.7. The molecule has 1 aromatic heterocycles. The van der Waals surface area contributed by atoms with Crippen molar-refractivity contribution in [1.29, 1.82) is 0 Å². The van der Waals surface area contributed by atoms with E-state index in [0.717, 1.165) is 30.8 Å². The molecule has 2 fully saturated rings. The van der Waals surface area contributed by atoms with Crippen LogP contribution in [-0.4, -0.2) is 66.4 Å². The largest absolute Gasteiger partial charge is 0.350 e. The maximum Gasteiger partial charge on any atom is 0.188 e. The van der Waals surface area contributed by atoms with Gasteiger partial charge in [0.2, 0.25) is 0 Å². The van der Waals surface area contributed by atoms with Crippen LogP contribution < -0.4 is 11.7 Å². The van der Waals surface area contributed by atoms with E-state index in [4.69, 9.17) is 21.2 Å². The molecule has 2 aliphatic rings. The highest BCUT2D eigenvalue weighted by molar-refractivity contribution is 5.97. The Morgan fingerprint density at radius 3 is 2.50 bits per heavy atom. The average molecular weight is 415 g/mol. The summed E-state index contributed by atoms with van der Waals surface area (Å²) in [6, 6.07) is 1.98. The van der Waals surface area contributed by atoms with E-state index >= 15 is 0 Å². The van der Waals surface area contributed by atoms with E-state index in [2.05, 4.69) is 54.5 Å². The lowest BCUT2D eigenvalue weighted by atomic mass is 9.84. The lowest BCUT2D eigenvalue weighted by Gasteiger charge is -2.44. The van der Waals surface area contributed by atoms with E-state index in [1.54, 1.807) is 6.20 Å². The molecule has 0 spiro atoms. The molecule has 3 rings (SSSR count). The first kappa shape index (κ1) is 22.5. The number of hydrazone groups is 1. The summed E-state index contributed by atoms with van der Waals surface area (Å²) in [7, 11) is 0. The van der Waals surface area contributed by atoms with Gasteiger partial charge in [-0.1, -0.05) is 39.5 Å². The first-order chi connectivity index (χ1) is 14.1. The average Bonchev–Trinajstić information content (AvgIpc) is 2.64. The minimum Gasteiger partial charge on any atom is -0.350 e. The standard InChI is InChI=1S/C22H34N6O2/c1-16-9-17(7-6-8-27-12-21(2,3)13-27)10-25-19(16)20(26-23)28(24)11-18-29-14-22(4,5)15-30-18/h9-10,18H,8,11-15,23-24H2,1-5H3/b26-20-. The molecule has 2 saturated heterocycles. The van der Waals surface area contributed by atoms with Gasteiger partial charge in [-0.2, -0.15) is 5.10 Å². The van der Waals surface area contributed by atoms with Crippen molar-refractivity contribution >= 4 is 5.84 Å². The number of nitrogens with two attached hydrogens (primary N) is 2. The van der Waals surface area contributed by atoms with Crippen molar-refractivity contribution in [3.8, 4) is 11.8 Å². The number of ether oxygens (including phenoxy) is 2. The van der Waals surface area contributed by atoms with Gasteiger partial charge < -0.3 is 15.3 Å². The van der Waals surface area contributed by atoms with E-state index in [1.165, 1.54) is 5.01 Å². The lowest BCUT2D eigenvalue weighted by molar-refractivity contribution is -0.224. The Labute approximate surface area is 179 Å². The predicted molar refractivity (Wildman–Crippen MR) is 117 cm³/mol. The minimum absolute atomic E-state index is 0.00157. The minimum atomic E-state index is -0.434. The molecule has 0 bridgehead atoms. The first-order valence-corrected chi connectivity index (χ1v) is 10.3. The second-order valence-electron chi connectivity index (χ2n) is 9.82. The van der Waals surface area contributed by atoms with Crippen molar-refractivity contribution in [3.63, 3.8) is 0 Å². The second-order valence-corrected chi connectivity index (χ2v) is 9.82. The van der Waals surface area contributed by atoms with Gasteiger partial charge in [-0.15, -0.1) is 0 Å². The van der Waals surface area contributed by atoms with Gasteiger partial charge in [0.25, 0.3) is 0 Å². The molecule has 8 heteroatoms. The molecule has 30 heavy (non-hydrogen) atoms. The Balaban J connectivity index is 1.60. The summed E-state index contributed by atoms with van der Waals surface area (Å²) in [4.78, 5) is 6.85. The van der Waals surface area contributed by atoms with E-state index in [1.807, 2.05) is 13.0 Å². The molecule has 0 saturated carbocycles. The highest BCUT2D eigenvalue weighted by atomic mass is 16.7. The van der Waals surface area contributed by atoms with E-state index in [0.29, 0.717) is 36.7 Å². The van der Waals surface area contributed by atoms with E-state index in [9.17, 15) is 0 Å². The van der Waals surface area contributed by atoms with Crippen molar-refractivity contribution in [3.05, 3.63) is 29.1 Å². The molecule has 0 atom stereocenters. The van der Waals surface area contributed by atoms with Crippen molar-refractivity contribution in [2.75, 3.05) is 39.4 Å². The normalized spacial score (nSPS) is 21.5. The molecule has 8 nitrogen and oxygen atoms in total. The Kier molecular flexibility index (Phi) is 6.68. The van der Waals surface area contributed by atoms with Crippen molar-refractivity contribution in [1.82, 2.24) is 14.9 Å². The van der Waals surface area contributed by atoms with Crippen LogP contribution in [0.1, 0.15) is 44.5 Å². The van der Waals surface area contributed by atoms with Gasteiger partial charge in [-0.05, 0) is 24.0 Å². The highest BCUT2D eigenvalue weighted by Crippen LogP contribution is 2.27. The molecule has 0 radical (unpaired) electrons. The van der Waals surface area contributed by atoms with Crippen LogP contribution in [0, 0.1) is 29.6 Å². The molecule has 164 valence electrons. The predicted octanol–water partition coefficient (Wildman–Crippen LogP) is 1.28. The molecule has 0 amide bonds. The zero-order chi connectivity index (χ0) is 21.9. The number of hydrogen-bond donors (Lipinski definition) is 2. The van der Waals surface area contributed by atoms with Gasteiger partial charge in [-0.3, -0.25) is 14.9 Å². The van der Waals surface area contributed by atoms with Crippen LogP contribution in [0.5, 0.6) is 0 Å². The fraction of sp³-hybridized carbons (Fsp3) is 0.636. The van der Waals surface area contributed by atoms with Gasteiger partial charge in [-0.25, -0.2) is 5.84 Å². The molecule has 0 aliphatic carbocycles. The number of aromatic nitrogens is 1. The van der Waals surface area contributed by atoms with Gasteiger partial charge >= 0.3 is 0 Å². The van der Waals surface area contributed by atoms with Crippen LogP contribution in [0.25, 0.3) is 0 Å². The van der Waals surface area contributed by atoms with Crippen LogP contribution in [0.15, 0.2) is 17.4 Å². The Morgan fingerprint density at radius 1 is 1.27 bits per heavy atom. The number of nitrogens with zero attached hydrogens (tertiary/aromatic N) is 4. The van der Waals surface area contributed by atoms with E-state index in [-0.39, 0.29) is 5.41 Å². The van der Waals surface area contributed by atoms with Crippen LogP contribution in [-0.2, 0) is 9.47 Å². The fourth-order valence-corrected chi connectivity index (χ4v) is 3.76. The highest BCUT2D eigenvalue weighted by Gasteiger charge is 2.33. The molecular weight excluding hydrogens is 380 g/mol. The topological polar surface area (TPSA) is 102 Å². The SMILES string of the molecule is Cc1cc(C#CCN2CC(C)(C)C2)cnc1/C(=N/N)N(N)CC1OCC(C)(C)CO1. The van der Waals surface area contributed by atoms with Crippen molar-refractivity contribution in [2.45, 2.75) is 40.9 Å². The summed E-state index contributed by atoms with van der Waals surface area (Å²) in [6.45, 7) is 15.2. The monoisotopic (exact) mass is 414 g/mol. The number of likely N-dealkylation sites (tertiary alicyclic amines) is 1. The Bertz CT molecular complexity index is 837. The summed E-state index contributed by atoms with van der Waals surface area (Å²) in [5.74, 6) is 18.6. The lowest BCUT2D eigenvalue weighted by Crippen LogP contribution is -2.52. The van der Waals surface area contributed by atoms with Crippen LogP contribution in [0.3, 0.4) is 0 Å². The summed E-state index contributed by atoms with van der Waals surface area (Å²) >= 11 is 0. The zero-order valence-electron chi connectivity index (χ0n) is 18.7. The maximum atomic E-state index is 6.21. The first-order valence-electron chi connectivity index (χ1n) is 10.3. The number of aryl methyl sites for hydroxylation is 1. The molecule has 1 aromatic rings. The number of pyridine rings is 1. The van der Waals surface area contributed by atoms with Crippen LogP contribution in [0.2, 0.25) is 0 Å². The van der Waals surface area contributed by atoms with E-state index < -0.39 is 6.29 Å². The summed E-state index contributed by atoms with van der Waals surface area (Å²) in [5.41, 5.74) is 2.79. The Hall–Kier alpha value is -2.18. The summed E-state index contributed by atoms with van der Waals surface area (Å²) < 4.78 is 11.5. The molecule has 0 aromatic carbocycles. The number of hydrazine groups is 1. The van der Waals surface area contributed by atoms with Crippen molar-refractivity contribution in [2.24, 2.45) is 27.6 Å². The molecule has 4 N–H and O–H groups in total. The van der Waals surface area contributed by atoms with Gasteiger partial charge in [0.05, 0.1) is 26.3 Å². The number of hydrogen-bond acceptors (Lipinski definition) is 7. The molecular formula is C22H34N6O2. The Morgan fingerprint density at radius 2 is 1.93 bits per heavy atom. The summed E-state index contributed by atoms with van der Waals surface area (Å²) in [5, 5.41) is 5.29. The van der Waals surface area contributed by atoms with Gasteiger partial charge in [0, 0.05) is 30.3 Å². The third-order valence-corrected chi connectivity index (χ3v) is 5.19. The second kappa shape index (κ2) is 8.90. The van der Waals surface area contributed by atoms with Crippen molar-refractivity contribution < 1.29 is 9.47 Å². The fourth-order valence-electron chi connectivity index (χ4n) is 3.76. The van der Waals surface area contributed by atoms with Crippen LogP contribution >= 0.6 is 0 Å². The third kappa shape index (κ3) is 5.70. The van der Waals surface area contributed by atoms with Gasteiger partial charge in [0.1, 0.15) is 5.69 Å². The number of rotatable bonds is 4.